The smallest absolute Gasteiger partial charge is 0.0829 e. The molecule has 1 fully saturated rings. The lowest BCUT2D eigenvalue weighted by Gasteiger charge is -2.29. The zero-order chi connectivity index (χ0) is 12.3. The second-order valence-electron chi connectivity index (χ2n) is 4.77. The van der Waals surface area contributed by atoms with E-state index in [9.17, 15) is 0 Å². The van der Waals surface area contributed by atoms with Gasteiger partial charge < -0.3 is 4.74 Å². The summed E-state index contributed by atoms with van der Waals surface area (Å²) >= 11 is 1.46. The van der Waals surface area contributed by atoms with Crippen LogP contribution in [0.3, 0.4) is 0 Å². The van der Waals surface area contributed by atoms with Gasteiger partial charge in [0.05, 0.1) is 16.6 Å². The van der Waals surface area contributed by atoms with Crippen LogP contribution in [-0.4, -0.2) is 22.8 Å². The summed E-state index contributed by atoms with van der Waals surface area (Å²) in [5.41, 5.74) is 4.02. The summed E-state index contributed by atoms with van der Waals surface area (Å²) in [6.45, 7) is 5.92. The number of ether oxygens (including phenoxy) is 1. The molecule has 1 saturated heterocycles. The highest BCUT2D eigenvalue weighted by molar-refractivity contribution is 7.05. The summed E-state index contributed by atoms with van der Waals surface area (Å²) in [4.78, 5) is 1.19. The minimum Gasteiger partial charge on any atom is -0.381 e. The van der Waals surface area contributed by atoms with Crippen LogP contribution in [0.25, 0.3) is 0 Å². The molecular formula is C11H20N4OS. The van der Waals surface area contributed by atoms with E-state index >= 15 is 0 Å². The Kier molecular flexibility index (Phi) is 4.44. The molecule has 0 bridgehead atoms. The standard InChI is InChI=1S/C11H20N4OS/c1-7(2)9-11(17-15-14-9)10(13-12)8-3-5-16-6-4-8/h7-8,10,13H,3-6,12H2,1-2H3. The molecule has 1 aliphatic heterocycles. The van der Waals surface area contributed by atoms with Crippen molar-refractivity contribution in [3.63, 3.8) is 0 Å². The van der Waals surface area contributed by atoms with Gasteiger partial charge >= 0.3 is 0 Å². The molecule has 0 aromatic carbocycles. The lowest BCUT2D eigenvalue weighted by molar-refractivity contribution is 0.0539. The summed E-state index contributed by atoms with van der Waals surface area (Å²) in [5.74, 6) is 6.63. The maximum atomic E-state index is 5.72. The van der Waals surface area contributed by atoms with Crippen LogP contribution >= 0.6 is 11.5 Å². The Morgan fingerprint density at radius 1 is 1.41 bits per heavy atom. The minimum atomic E-state index is 0.163. The van der Waals surface area contributed by atoms with Gasteiger partial charge in [-0.3, -0.25) is 11.3 Å². The number of hydrogen-bond acceptors (Lipinski definition) is 6. The minimum absolute atomic E-state index is 0.163. The molecule has 2 heterocycles. The van der Waals surface area contributed by atoms with Gasteiger partial charge in [-0.1, -0.05) is 18.3 Å². The Morgan fingerprint density at radius 2 is 2.12 bits per heavy atom. The number of hydrazine groups is 1. The number of nitrogens with zero attached hydrogens (tertiary/aromatic N) is 2. The van der Waals surface area contributed by atoms with Crippen molar-refractivity contribution in [2.75, 3.05) is 13.2 Å². The molecule has 6 heteroatoms. The summed E-state index contributed by atoms with van der Waals surface area (Å²) in [5, 5.41) is 4.22. The second kappa shape index (κ2) is 5.86. The zero-order valence-electron chi connectivity index (χ0n) is 10.3. The fourth-order valence-electron chi connectivity index (χ4n) is 2.30. The first kappa shape index (κ1) is 12.9. The first-order chi connectivity index (χ1) is 8.24. The van der Waals surface area contributed by atoms with Gasteiger partial charge in [0.25, 0.3) is 0 Å². The highest BCUT2D eigenvalue weighted by atomic mass is 32.1. The van der Waals surface area contributed by atoms with Crippen molar-refractivity contribution >= 4 is 11.5 Å². The third-order valence-corrected chi connectivity index (χ3v) is 4.11. The summed E-state index contributed by atoms with van der Waals surface area (Å²) in [7, 11) is 0. The number of rotatable bonds is 4. The van der Waals surface area contributed by atoms with E-state index in [1.807, 2.05) is 0 Å². The predicted octanol–water partition coefficient (Wildman–Crippen LogP) is 1.59. The average molecular weight is 256 g/mol. The first-order valence-corrected chi connectivity index (χ1v) is 6.87. The largest absolute Gasteiger partial charge is 0.381 e. The van der Waals surface area contributed by atoms with Crippen molar-refractivity contribution in [2.24, 2.45) is 11.8 Å². The third-order valence-electron chi connectivity index (χ3n) is 3.29. The molecule has 96 valence electrons. The van der Waals surface area contributed by atoms with Gasteiger partial charge in [0.15, 0.2) is 0 Å². The predicted molar refractivity (Wildman–Crippen MR) is 67.6 cm³/mol. The molecule has 1 aromatic rings. The van der Waals surface area contributed by atoms with Crippen LogP contribution in [-0.2, 0) is 4.74 Å². The van der Waals surface area contributed by atoms with Crippen molar-refractivity contribution in [3.05, 3.63) is 10.6 Å². The molecular weight excluding hydrogens is 236 g/mol. The highest BCUT2D eigenvalue weighted by Gasteiger charge is 2.29. The molecule has 0 spiro atoms. The van der Waals surface area contributed by atoms with Crippen LogP contribution in [0.5, 0.6) is 0 Å². The van der Waals surface area contributed by atoms with E-state index in [1.54, 1.807) is 0 Å². The van der Waals surface area contributed by atoms with Gasteiger partial charge in [0.2, 0.25) is 0 Å². The molecule has 1 aromatic heterocycles. The van der Waals surface area contributed by atoms with E-state index in [4.69, 9.17) is 10.6 Å². The summed E-state index contributed by atoms with van der Waals surface area (Å²) < 4.78 is 9.46. The van der Waals surface area contributed by atoms with Crippen LogP contribution in [0.1, 0.15) is 49.2 Å². The Balaban J connectivity index is 2.18. The monoisotopic (exact) mass is 256 g/mol. The van der Waals surface area contributed by atoms with Crippen molar-refractivity contribution in [2.45, 2.75) is 38.6 Å². The molecule has 3 N–H and O–H groups in total. The van der Waals surface area contributed by atoms with E-state index < -0.39 is 0 Å². The third kappa shape index (κ3) is 2.82. The van der Waals surface area contributed by atoms with Crippen LogP contribution in [0.4, 0.5) is 0 Å². The fraction of sp³-hybridized carbons (Fsp3) is 0.818. The van der Waals surface area contributed by atoms with Crippen molar-refractivity contribution in [1.82, 2.24) is 15.0 Å². The maximum absolute atomic E-state index is 5.72. The van der Waals surface area contributed by atoms with E-state index in [2.05, 4.69) is 28.9 Å². The lowest BCUT2D eigenvalue weighted by atomic mass is 9.89. The molecule has 0 radical (unpaired) electrons. The van der Waals surface area contributed by atoms with Gasteiger partial charge in [-0.15, -0.1) is 5.10 Å². The Morgan fingerprint density at radius 3 is 2.71 bits per heavy atom. The average Bonchev–Trinajstić information content (AvgIpc) is 2.81. The van der Waals surface area contributed by atoms with Crippen LogP contribution in [0, 0.1) is 5.92 Å². The summed E-state index contributed by atoms with van der Waals surface area (Å²) in [6, 6.07) is 0.163. The molecule has 5 nitrogen and oxygen atoms in total. The Labute approximate surface area is 106 Å². The first-order valence-electron chi connectivity index (χ1n) is 6.10. The van der Waals surface area contributed by atoms with Gasteiger partial charge in [-0.2, -0.15) is 0 Å². The Bertz CT molecular complexity index is 349. The molecule has 17 heavy (non-hydrogen) atoms. The quantitative estimate of drug-likeness (QED) is 0.632. The Hall–Kier alpha value is -0.560. The van der Waals surface area contributed by atoms with Gasteiger partial charge in [0, 0.05) is 13.2 Å². The van der Waals surface area contributed by atoms with Crippen LogP contribution in [0.15, 0.2) is 0 Å². The molecule has 1 atom stereocenters. The van der Waals surface area contributed by atoms with Crippen LogP contribution < -0.4 is 11.3 Å². The molecule has 0 amide bonds. The molecule has 0 aliphatic carbocycles. The van der Waals surface area contributed by atoms with E-state index in [-0.39, 0.29) is 6.04 Å². The highest BCUT2D eigenvalue weighted by Crippen LogP contribution is 2.34. The summed E-state index contributed by atoms with van der Waals surface area (Å²) in [6.07, 6.45) is 2.09. The van der Waals surface area contributed by atoms with Gasteiger partial charge in [0.1, 0.15) is 0 Å². The number of nitrogens with two attached hydrogens (primary N) is 1. The van der Waals surface area contributed by atoms with Crippen molar-refractivity contribution in [3.8, 4) is 0 Å². The molecule has 0 saturated carbocycles. The van der Waals surface area contributed by atoms with E-state index in [1.165, 1.54) is 16.4 Å². The van der Waals surface area contributed by atoms with Crippen molar-refractivity contribution in [1.29, 1.82) is 0 Å². The van der Waals surface area contributed by atoms with E-state index in [0.717, 1.165) is 31.7 Å². The van der Waals surface area contributed by atoms with Gasteiger partial charge in [-0.05, 0) is 36.2 Å². The topological polar surface area (TPSA) is 73.1 Å². The zero-order valence-corrected chi connectivity index (χ0v) is 11.2. The number of hydrogen-bond donors (Lipinski definition) is 2. The second-order valence-corrected chi connectivity index (χ2v) is 5.56. The maximum Gasteiger partial charge on any atom is 0.0829 e. The molecule has 2 rings (SSSR count). The fourth-order valence-corrected chi connectivity index (χ4v) is 3.26. The number of nitrogens with one attached hydrogen (secondary N) is 1. The normalized spacial score (nSPS) is 19.8. The number of aromatic nitrogens is 2. The van der Waals surface area contributed by atoms with Gasteiger partial charge in [-0.25, -0.2) is 0 Å². The van der Waals surface area contributed by atoms with E-state index in [0.29, 0.717) is 11.8 Å². The molecule has 1 unspecified atom stereocenters. The van der Waals surface area contributed by atoms with Crippen LogP contribution in [0.2, 0.25) is 0 Å². The lowest BCUT2D eigenvalue weighted by Crippen LogP contribution is -2.36. The van der Waals surface area contributed by atoms with Crippen molar-refractivity contribution < 1.29 is 4.74 Å². The SMILES string of the molecule is CC(C)c1nnsc1C(NN)C1CCOCC1. The molecule has 1 aliphatic rings.